The first kappa shape index (κ1) is 37.1. The molecule has 3 aromatic rings. The zero-order valence-electron chi connectivity index (χ0n) is 26.7. The number of nitrogens with one attached hydrogen (secondary N) is 4. The van der Waals surface area contributed by atoms with E-state index in [9.17, 15) is 37.1 Å². The smallest absolute Gasteiger partial charge is 0.391 e. The standard InChI is InChI=1S/C33H37F3N6O6/c1-19(2)27(42-32(47)28(20(3)4)41-30(45)26-16-37-12-13-38-26)31(46)40-25-11-10-23(48-18-21-8-6-5-7-9-21)14-24(25)29(44)39-22(17-43)15-33(34,35)36/h5-14,16-17,19-20,22,27-28H,15,18H2,1-4H3,(H,39,44)(H,40,46)(H,41,45)(H,42,47). The van der Waals surface area contributed by atoms with Crippen LogP contribution in [0.4, 0.5) is 18.9 Å². The molecule has 2 aromatic carbocycles. The summed E-state index contributed by atoms with van der Waals surface area (Å²) in [6.45, 7) is 6.82. The molecule has 4 N–H and O–H groups in total. The summed E-state index contributed by atoms with van der Waals surface area (Å²) in [5.41, 5.74) is 0.392. The maximum atomic E-state index is 13.6. The van der Waals surface area contributed by atoms with Crippen LogP contribution in [0.1, 0.15) is 60.5 Å². The third-order valence-corrected chi connectivity index (χ3v) is 6.95. The van der Waals surface area contributed by atoms with Gasteiger partial charge in [-0.1, -0.05) is 58.0 Å². The van der Waals surface area contributed by atoms with Crippen molar-refractivity contribution in [1.29, 1.82) is 0 Å². The fourth-order valence-corrected chi connectivity index (χ4v) is 4.43. The summed E-state index contributed by atoms with van der Waals surface area (Å²) < 4.78 is 44.8. The number of nitrogens with zero attached hydrogens (tertiary/aromatic N) is 2. The summed E-state index contributed by atoms with van der Waals surface area (Å²) in [5, 5.41) is 9.85. The maximum Gasteiger partial charge on any atom is 0.391 e. The van der Waals surface area contributed by atoms with Gasteiger partial charge in [-0.15, -0.1) is 0 Å². The summed E-state index contributed by atoms with van der Waals surface area (Å²) >= 11 is 0. The molecule has 0 aliphatic carbocycles. The molecular weight excluding hydrogens is 633 g/mol. The molecule has 3 unspecified atom stereocenters. The predicted octanol–water partition coefficient (Wildman–Crippen LogP) is 3.84. The number of carbonyl (C=O) groups is 5. The van der Waals surface area contributed by atoms with Crippen molar-refractivity contribution in [2.45, 2.75) is 65.0 Å². The number of anilines is 1. The van der Waals surface area contributed by atoms with Gasteiger partial charge in [-0.25, -0.2) is 4.98 Å². The lowest BCUT2D eigenvalue weighted by atomic mass is 9.99. The molecule has 3 atom stereocenters. The number of rotatable bonds is 15. The number of ether oxygens (including phenoxy) is 1. The van der Waals surface area contributed by atoms with Crippen LogP contribution < -0.4 is 26.0 Å². The topological polar surface area (TPSA) is 168 Å². The molecule has 1 heterocycles. The second-order valence-electron chi connectivity index (χ2n) is 11.5. The van der Waals surface area contributed by atoms with Crippen molar-refractivity contribution in [3.05, 3.63) is 83.9 Å². The molecule has 48 heavy (non-hydrogen) atoms. The van der Waals surface area contributed by atoms with E-state index in [1.165, 1.54) is 36.8 Å². The van der Waals surface area contributed by atoms with Crippen LogP contribution in [0.25, 0.3) is 0 Å². The molecule has 0 radical (unpaired) electrons. The van der Waals surface area contributed by atoms with Crippen molar-refractivity contribution in [2.24, 2.45) is 11.8 Å². The minimum atomic E-state index is -4.74. The number of halogens is 3. The minimum Gasteiger partial charge on any atom is -0.489 e. The zero-order chi connectivity index (χ0) is 35.4. The molecule has 12 nitrogen and oxygen atoms in total. The molecule has 0 saturated heterocycles. The van der Waals surface area contributed by atoms with Gasteiger partial charge in [0.15, 0.2) is 0 Å². The Hall–Kier alpha value is -5.34. The Balaban J connectivity index is 1.85. The zero-order valence-corrected chi connectivity index (χ0v) is 26.7. The van der Waals surface area contributed by atoms with Gasteiger partial charge in [-0.05, 0) is 35.6 Å². The molecule has 3 rings (SSSR count). The highest BCUT2D eigenvalue weighted by Crippen LogP contribution is 2.26. The second kappa shape index (κ2) is 17.0. The Kier molecular flexibility index (Phi) is 13.1. The van der Waals surface area contributed by atoms with Crippen LogP contribution in [0.3, 0.4) is 0 Å². The Morgan fingerprint density at radius 1 is 0.854 bits per heavy atom. The van der Waals surface area contributed by atoms with Crippen molar-refractivity contribution in [3.8, 4) is 5.75 Å². The maximum absolute atomic E-state index is 13.6. The van der Waals surface area contributed by atoms with Gasteiger partial charge in [0.2, 0.25) is 11.8 Å². The molecule has 0 saturated carbocycles. The highest BCUT2D eigenvalue weighted by Gasteiger charge is 2.34. The fourth-order valence-electron chi connectivity index (χ4n) is 4.43. The van der Waals surface area contributed by atoms with E-state index in [-0.39, 0.29) is 35.6 Å². The van der Waals surface area contributed by atoms with E-state index >= 15 is 0 Å². The third-order valence-electron chi connectivity index (χ3n) is 6.95. The number of alkyl halides is 3. The first-order chi connectivity index (χ1) is 22.7. The first-order valence-corrected chi connectivity index (χ1v) is 15.0. The molecule has 0 fully saturated rings. The van der Waals surface area contributed by atoms with Crippen molar-refractivity contribution in [1.82, 2.24) is 25.9 Å². The minimum absolute atomic E-state index is 0.0110. The van der Waals surface area contributed by atoms with Crippen LogP contribution in [-0.4, -0.2) is 64.2 Å². The number of amides is 4. The lowest BCUT2D eigenvalue weighted by Crippen LogP contribution is -2.56. The van der Waals surface area contributed by atoms with Gasteiger partial charge in [0.1, 0.15) is 36.4 Å². The Bertz CT molecular complexity index is 1570. The average molecular weight is 671 g/mol. The van der Waals surface area contributed by atoms with Crippen LogP contribution >= 0.6 is 0 Å². The van der Waals surface area contributed by atoms with Gasteiger partial charge in [0.05, 0.1) is 29.9 Å². The SMILES string of the molecule is CC(C)C(NC(=O)c1cnccn1)C(=O)NC(C(=O)Nc1ccc(OCc2ccccc2)cc1C(=O)NC(C=O)CC(F)(F)F)C(C)C. The molecule has 0 bridgehead atoms. The molecule has 256 valence electrons. The van der Waals surface area contributed by atoms with Gasteiger partial charge in [0.25, 0.3) is 11.8 Å². The van der Waals surface area contributed by atoms with E-state index < -0.39 is 66.2 Å². The van der Waals surface area contributed by atoms with Crippen LogP contribution in [0.15, 0.2) is 67.1 Å². The summed E-state index contributed by atoms with van der Waals surface area (Å²) in [6, 6.07) is 8.90. The van der Waals surface area contributed by atoms with Gasteiger partial charge in [0, 0.05) is 12.4 Å². The Labute approximate surface area is 275 Å². The lowest BCUT2D eigenvalue weighted by Gasteiger charge is -2.27. The number of benzene rings is 2. The van der Waals surface area contributed by atoms with E-state index in [1.807, 2.05) is 11.4 Å². The molecule has 0 aliphatic heterocycles. The van der Waals surface area contributed by atoms with E-state index in [4.69, 9.17) is 4.74 Å². The average Bonchev–Trinajstić information content (AvgIpc) is 3.04. The highest BCUT2D eigenvalue weighted by atomic mass is 19.4. The fraction of sp³-hybridized carbons (Fsp3) is 0.364. The quantitative estimate of drug-likeness (QED) is 0.177. The molecule has 4 amide bonds. The van der Waals surface area contributed by atoms with E-state index in [2.05, 4.69) is 25.9 Å². The van der Waals surface area contributed by atoms with Gasteiger partial charge < -0.3 is 30.8 Å². The van der Waals surface area contributed by atoms with Crippen molar-refractivity contribution in [3.63, 3.8) is 0 Å². The number of hydrogen-bond acceptors (Lipinski definition) is 8. The largest absolute Gasteiger partial charge is 0.489 e. The second-order valence-corrected chi connectivity index (χ2v) is 11.5. The summed E-state index contributed by atoms with van der Waals surface area (Å²) in [4.78, 5) is 72.0. The Morgan fingerprint density at radius 3 is 2.10 bits per heavy atom. The first-order valence-electron chi connectivity index (χ1n) is 15.0. The molecule has 0 aliphatic rings. The molecule has 0 spiro atoms. The van der Waals surface area contributed by atoms with Crippen LogP contribution in [0.2, 0.25) is 0 Å². The van der Waals surface area contributed by atoms with E-state index in [0.717, 1.165) is 5.56 Å². The van der Waals surface area contributed by atoms with Crippen LogP contribution in [-0.2, 0) is 21.0 Å². The molecule has 15 heteroatoms. The predicted molar refractivity (Wildman–Crippen MR) is 169 cm³/mol. The van der Waals surface area contributed by atoms with Gasteiger partial charge in [-0.3, -0.25) is 24.2 Å². The normalized spacial score (nSPS) is 13.2. The lowest BCUT2D eigenvalue weighted by molar-refractivity contribution is -0.143. The summed E-state index contributed by atoms with van der Waals surface area (Å²) in [7, 11) is 0. The molecular formula is C33H37F3N6O6. The summed E-state index contributed by atoms with van der Waals surface area (Å²) in [5.74, 6) is -3.87. The molecule has 1 aromatic heterocycles. The number of aldehydes is 1. The monoisotopic (exact) mass is 670 g/mol. The number of hydrogen-bond donors (Lipinski definition) is 4. The van der Waals surface area contributed by atoms with Gasteiger partial charge >= 0.3 is 6.18 Å². The number of aromatic nitrogens is 2. The van der Waals surface area contributed by atoms with Crippen molar-refractivity contribution < 1.29 is 41.9 Å². The van der Waals surface area contributed by atoms with Crippen molar-refractivity contribution >= 4 is 35.6 Å². The third kappa shape index (κ3) is 11.2. The van der Waals surface area contributed by atoms with E-state index in [1.54, 1.807) is 52.0 Å². The van der Waals surface area contributed by atoms with Crippen LogP contribution in [0.5, 0.6) is 5.75 Å². The van der Waals surface area contributed by atoms with Crippen LogP contribution in [0, 0.1) is 11.8 Å². The van der Waals surface area contributed by atoms with Crippen molar-refractivity contribution in [2.75, 3.05) is 5.32 Å². The highest BCUT2D eigenvalue weighted by molar-refractivity contribution is 6.06. The Morgan fingerprint density at radius 2 is 1.52 bits per heavy atom. The van der Waals surface area contributed by atoms with Gasteiger partial charge in [-0.2, -0.15) is 13.2 Å². The van der Waals surface area contributed by atoms with E-state index in [0.29, 0.717) is 0 Å². The number of carbonyl (C=O) groups excluding carboxylic acids is 5. The summed E-state index contributed by atoms with van der Waals surface area (Å²) in [6.07, 6.45) is -2.41.